The van der Waals surface area contributed by atoms with Gasteiger partial charge in [0.05, 0.1) is 12.1 Å². The van der Waals surface area contributed by atoms with Crippen LogP contribution in [0.3, 0.4) is 0 Å². The number of rotatable bonds is 7. The zero-order chi connectivity index (χ0) is 21.9. The summed E-state index contributed by atoms with van der Waals surface area (Å²) < 4.78 is 0. The molecule has 0 heterocycles. The molecule has 0 fully saturated rings. The average Bonchev–Trinajstić information content (AvgIpc) is 2.75. The number of nitrogens with two attached hydrogens (primary N) is 2. The topological polar surface area (TPSA) is 148 Å². The van der Waals surface area contributed by atoms with Crippen molar-refractivity contribution in [2.75, 3.05) is 0 Å². The molecule has 2 unspecified atom stereocenters. The standard InChI is InChI=1S/C20H18N8S2/c21-11-15(13-7-3-1-4-8-13)17(25-27-19(23)29)18(26-28-20(24)30)16(12-22)14-9-5-2-6-10-14/h1-10,15-16H,(H3,23,27,29)(H3,24,28,30)/b25-17-,26-18-. The Kier molecular flexibility index (Phi) is 8.39. The maximum Gasteiger partial charge on any atom is 0.184 e. The predicted molar refractivity (Wildman–Crippen MR) is 124 cm³/mol. The Morgan fingerprint density at radius 1 is 0.733 bits per heavy atom. The number of benzene rings is 2. The van der Waals surface area contributed by atoms with Crippen molar-refractivity contribution < 1.29 is 0 Å². The molecule has 2 rings (SSSR count). The number of nitrogens with one attached hydrogen (secondary N) is 2. The molecule has 0 bridgehead atoms. The predicted octanol–water partition coefficient (Wildman–Crippen LogP) is 1.98. The maximum atomic E-state index is 9.93. The first-order valence-corrected chi connectivity index (χ1v) is 9.45. The van der Waals surface area contributed by atoms with Crippen LogP contribution in [0, 0.1) is 22.7 Å². The van der Waals surface area contributed by atoms with Gasteiger partial charge in [-0.05, 0) is 35.6 Å². The largest absolute Gasteiger partial charge is 0.375 e. The van der Waals surface area contributed by atoms with E-state index in [1.165, 1.54) is 0 Å². The van der Waals surface area contributed by atoms with Gasteiger partial charge in [-0.3, -0.25) is 10.9 Å². The molecule has 0 aliphatic heterocycles. The number of thiocarbonyl (C=S) groups is 2. The highest BCUT2D eigenvalue weighted by Crippen LogP contribution is 2.24. The van der Waals surface area contributed by atoms with Crippen LogP contribution in [0.4, 0.5) is 0 Å². The summed E-state index contributed by atoms with van der Waals surface area (Å²) in [5.41, 5.74) is 17.6. The van der Waals surface area contributed by atoms with Gasteiger partial charge in [-0.15, -0.1) is 0 Å². The Balaban J connectivity index is 2.69. The minimum atomic E-state index is -0.875. The Hall–Kier alpha value is -3.86. The van der Waals surface area contributed by atoms with Crippen molar-refractivity contribution >= 4 is 46.1 Å². The van der Waals surface area contributed by atoms with Crippen molar-refractivity contribution in [2.45, 2.75) is 11.8 Å². The van der Waals surface area contributed by atoms with E-state index in [0.717, 1.165) is 0 Å². The Morgan fingerprint density at radius 3 is 1.33 bits per heavy atom. The molecule has 30 heavy (non-hydrogen) atoms. The van der Waals surface area contributed by atoms with E-state index < -0.39 is 11.8 Å². The van der Waals surface area contributed by atoms with Gasteiger partial charge < -0.3 is 11.5 Å². The molecule has 2 aromatic carbocycles. The molecule has 0 spiro atoms. The summed E-state index contributed by atoms with van der Waals surface area (Å²) in [6, 6.07) is 22.3. The lowest BCUT2D eigenvalue weighted by atomic mass is 9.85. The number of nitriles is 2. The van der Waals surface area contributed by atoms with Gasteiger partial charge in [0.15, 0.2) is 10.2 Å². The van der Waals surface area contributed by atoms with E-state index in [2.05, 4.69) is 33.2 Å². The second kappa shape index (κ2) is 11.2. The molecular weight excluding hydrogens is 416 g/mol. The lowest BCUT2D eigenvalue weighted by Gasteiger charge is -2.19. The Morgan fingerprint density at radius 2 is 1.07 bits per heavy atom. The Labute approximate surface area is 184 Å². The molecule has 6 N–H and O–H groups in total. The van der Waals surface area contributed by atoms with Crippen molar-refractivity contribution in [3.05, 3.63) is 71.8 Å². The second-order valence-electron chi connectivity index (χ2n) is 5.89. The summed E-state index contributed by atoms with van der Waals surface area (Å²) in [6.07, 6.45) is 0. The number of nitrogens with zero attached hydrogens (tertiary/aromatic N) is 4. The molecule has 8 nitrogen and oxygen atoms in total. The zero-order valence-electron chi connectivity index (χ0n) is 15.7. The third kappa shape index (κ3) is 6.07. The van der Waals surface area contributed by atoms with E-state index in [1.54, 1.807) is 48.5 Å². The first-order chi connectivity index (χ1) is 14.5. The fourth-order valence-corrected chi connectivity index (χ4v) is 2.74. The van der Waals surface area contributed by atoms with E-state index in [-0.39, 0.29) is 21.6 Å². The van der Waals surface area contributed by atoms with Crippen LogP contribution in [-0.2, 0) is 0 Å². The van der Waals surface area contributed by atoms with E-state index in [1.807, 2.05) is 12.1 Å². The first-order valence-electron chi connectivity index (χ1n) is 8.63. The van der Waals surface area contributed by atoms with Crippen LogP contribution in [-0.4, -0.2) is 21.6 Å². The van der Waals surface area contributed by atoms with Crippen LogP contribution in [0.1, 0.15) is 23.0 Å². The van der Waals surface area contributed by atoms with Crippen LogP contribution < -0.4 is 22.3 Å². The molecule has 0 aliphatic rings. The highest BCUT2D eigenvalue weighted by molar-refractivity contribution is 7.80. The highest BCUT2D eigenvalue weighted by atomic mass is 32.1. The van der Waals surface area contributed by atoms with Crippen LogP contribution in [0.15, 0.2) is 70.9 Å². The minimum Gasteiger partial charge on any atom is -0.375 e. The molecular formula is C20H18N8S2. The van der Waals surface area contributed by atoms with Crippen molar-refractivity contribution in [2.24, 2.45) is 21.7 Å². The van der Waals surface area contributed by atoms with Crippen molar-refractivity contribution in [3.63, 3.8) is 0 Å². The summed E-state index contributed by atoms with van der Waals surface area (Å²) in [5.74, 6) is -1.75. The van der Waals surface area contributed by atoms with E-state index in [4.69, 9.17) is 35.9 Å². The highest BCUT2D eigenvalue weighted by Gasteiger charge is 2.30. The minimum absolute atomic E-state index is 0.105. The van der Waals surface area contributed by atoms with E-state index in [0.29, 0.717) is 11.1 Å². The fourth-order valence-electron chi connectivity index (χ4n) is 2.65. The van der Waals surface area contributed by atoms with Crippen molar-refractivity contribution in [3.8, 4) is 12.1 Å². The monoisotopic (exact) mass is 434 g/mol. The van der Waals surface area contributed by atoms with Gasteiger partial charge in [0, 0.05) is 0 Å². The molecule has 0 radical (unpaired) electrons. The lowest BCUT2D eigenvalue weighted by Crippen LogP contribution is -2.35. The molecule has 2 aromatic rings. The summed E-state index contributed by atoms with van der Waals surface area (Å²) in [6.45, 7) is 0. The summed E-state index contributed by atoms with van der Waals surface area (Å²) in [7, 11) is 0. The van der Waals surface area contributed by atoms with E-state index in [9.17, 15) is 10.5 Å². The van der Waals surface area contributed by atoms with Gasteiger partial charge >= 0.3 is 0 Å². The van der Waals surface area contributed by atoms with E-state index >= 15 is 0 Å². The van der Waals surface area contributed by atoms with Crippen LogP contribution >= 0.6 is 24.4 Å². The number of hydrogen-bond acceptors (Lipinski definition) is 6. The van der Waals surface area contributed by atoms with Gasteiger partial charge in [-0.1, -0.05) is 60.7 Å². The van der Waals surface area contributed by atoms with Crippen LogP contribution in [0.2, 0.25) is 0 Å². The zero-order valence-corrected chi connectivity index (χ0v) is 17.3. The van der Waals surface area contributed by atoms with Gasteiger partial charge in [0.25, 0.3) is 0 Å². The summed E-state index contributed by atoms with van der Waals surface area (Å²) >= 11 is 9.70. The fraction of sp³-hybridized carbons (Fsp3) is 0.100. The smallest absolute Gasteiger partial charge is 0.184 e. The van der Waals surface area contributed by atoms with Gasteiger partial charge in [-0.2, -0.15) is 20.7 Å². The van der Waals surface area contributed by atoms with Crippen molar-refractivity contribution in [1.29, 1.82) is 10.5 Å². The molecule has 0 amide bonds. The molecule has 0 aliphatic carbocycles. The van der Waals surface area contributed by atoms with Gasteiger partial charge in [-0.25, -0.2) is 0 Å². The molecule has 150 valence electrons. The second-order valence-corrected chi connectivity index (χ2v) is 6.77. The molecule has 10 heteroatoms. The van der Waals surface area contributed by atoms with Crippen LogP contribution in [0.5, 0.6) is 0 Å². The Bertz CT molecular complexity index is 950. The third-order valence-electron chi connectivity index (χ3n) is 3.91. The lowest BCUT2D eigenvalue weighted by molar-refractivity contribution is 0.974. The number of hydrogen-bond donors (Lipinski definition) is 4. The molecule has 0 saturated carbocycles. The summed E-state index contributed by atoms with van der Waals surface area (Å²) in [5, 5.41) is 28.1. The molecule has 0 aromatic heterocycles. The van der Waals surface area contributed by atoms with Crippen LogP contribution in [0.25, 0.3) is 0 Å². The third-order valence-corrected chi connectivity index (χ3v) is 4.09. The maximum absolute atomic E-state index is 9.93. The molecule has 0 saturated heterocycles. The quantitative estimate of drug-likeness (QED) is 0.294. The normalized spacial score (nSPS) is 13.3. The molecule has 2 atom stereocenters. The first kappa shape index (κ1) is 22.4. The van der Waals surface area contributed by atoms with Gasteiger partial charge in [0.2, 0.25) is 0 Å². The van der Waals surface area contributed by atoms with Gasteiger partial charge in [0.1, 0.15) is 23.3 Å². The average molecular weight is 435 g/mol. The van der Waals surface area contributed by atoms with Crippen molar-refractivity contribution in [1.82, 2.24) is 10.9 Å². The number of hydrazone groups is 2. The summed E-state index contributed by atoms with van der Waals surface area (Å²) in [4.78, 5) is 0. The SMILES string of the molecule is N#CC(C(=N/NC(N)=S)/C(=N\NC(N)=S)C(C#N)c1ccccc1)c1ccccc1.